The monoisotopic (exact) mass is 432 g/mol. The highest BCUT2D eigenvalue weighted by Crippen LogP contribution is 2.20. The summed E-state index contributed by atoms with van der Waals surface area (Å²) in [5, 5.41) is 8.66. The lowest BCUT2D eigenvalue weighted by molar-refractivity contribution is 0.157. The van der Waals surface area contributed by atoms with Crippen LogP contribution < -0.4 is 5.56 Å². The fourth-order valence-corrected chi connectivity index (χ4v) is 4.40. The maximum absolute atomic E-state index is 13.0. The molecule has 8 heteroatoms. The van der Waals surface area contributed by atoms with Gasteiger partial charge in [0.05, 0.1) is 18.8 Å². The number of piperidine rings is 1. The molecule has 1 aliphatic heterocycles. The van der Waals surface area contributed by atoms with Gasteiger partial charge in [-0.15, -0.1) is 0 Å². The zero-order valence-corrected chi connectivity index (χ0v) is 18.6. The fraction of sp³-hybridized carbons (Fsp3) is 0.417. The molecule has 0 radical (unpaired) electrons. The van der Waals surface area contributed by atoms with E-state index in [9.17, 15) is 4.79 Å². The van der Waals surface area contributed by atoms with Crippen LogP contribution in [0.2, 0.25) is 0 Å². The van der Waals surface area contributed by atoms with Crippen molar-refractivity contribution < 1.29 is 4.52 Å². The topological polar surface area (TPSA) is 81.5 Å². The number of hydrogen-bond acceptors (Lipinski definition) is 6. The van der Waals surface area contributed by atoms with Gasteiger partial charge in [-0.3, -0.25) is 9.69 Å². The van der Waals surface area contributed by atoms with E-state index in [1.807, 2.05) is 18.2 Å². The fourth-order valence-electron chi connectivity index (χ4n) is 4.40. The van der Waals surface area contributed by atoms with Gasteiger partial charge >= 0.3 is 0 Å². The maximum atomic E-state index is 13.0. The van der Waals surface area contributed by atoms with E-state index in [0.29, 0.717) is 29.7 Å². The lowest BCUT2D eigenvalue weighted by atomic mass is 10.0. The van der Waals surface area contributed by atoms with Gasteiger partial charge in [0.25, 0.3) is 5.56 Å². The highest BCUT2D eigenvalue weighted by atomic mass is 16.5. The summed E-state index contributed by atoms with van der Waals surface area (Å²) >= 11 is 0. The van der Waals surface area contributed by atoms with Crippen molar-refractivity contribution in [2.24, 2.45) is 5.92 Å². The molecule has 1 atom stereocenters. The van der Waals surface area contributed by atoms with Gasteiger partial charge in [0.15, 0.2) is 5.82 Å². The molecule has 1 saturated heterocycles. The summed E-state index contributed by atoms with van der Waals surface area (Å²) in [5.41, 5.74) is 3.43. The minimum atomic E-state index is -0.132. The van der Waals surface area contributed by atoms with Crippen LogP contribution in [0, 0.1) is 5.92 Å². The number of rotatable bonds is 6. The van der Waals surface area contributed by atoms with E-state index in [-0.39, 0.29) is 12.1 Å². The van der Waals surface area contributed by atoms with Crippen molar-refractivity contribution in [3.8, 4) is 11.3 Å². The minimum absolute atomic E-state index is 0.132. The molecule has 1 aliphatic rings. The second-order valence-electron chi connectivity index (χ2n) is 8.73. The molecule has 0 aliphatic carbocycles. The summed E-state index contributed by atoms with van der Waals surface area (Å²) in [7, 11) is 0. The molecule has 4 aromatic rings. The summed E-state index contributed by atoms with van der Waals surface area (Å²) in [4.78, 5) is 19.9. The predicted octanol–water partition coefficient (Wildman–Crippen LogP) is 3.39. The van der Waals surface area contributed by atoms with Gasteiger partial charge in [-0.2, -0.15) is 10.1 Å². The lowest BCUT2D eigenvalue weighted by Crippen LogP contribution is -2.33. The van der Waals surface area contributed by atoms with Crippen LogP contribution in [0.1, 0.15) is 44.0 Å². The van der Waals surface area contributed by atoms with Crippen molar-refractivity contribution in [2.75, 3.05) is 13.1 Å². The van der Waals surface area contributed by atoms with Crippen LogP contribution in [-0.2, 0) is 19.5 Å². The summed E-state index contributed by atoms with van der Waals surface area (Å²) in [6.45, 7) is 7.44. The molecule has 0 bridgehead atoms. The largest absolute Gasteiger partial charge is 0.338 e. The number of hydrogen-bond donors (Lipinski definition) is 0. The van der Waals surface area contributed by atoms with E-state index in [2.05, 4.69) is 46.1 Å². The molecule has 1 unspecified atom stereocenters. The van der Waals surface area contributed by atoms with E-state index in [0.717, 1.165) is 30.8 Å². The van der Waals surface area contributed by atoms with Gasteiger partial charge < -0.3 is 9.09 Å². The Morgan fingerprint density at radius 2 is 2.00 bits per heavy atom. The van der Waals surface area contributed by atoms with Crippen LogP contribution in [0.3, 0.4) is 0 Å². The van der Waals surface area contributed by atoms with Crippen molar-refractivity contribution >= 4 is 5.52 Å². The van der Waals surface area contributed by atoms with Crippen LogP contribution in [0.4, 0.5) is 0 Å². The Hall–Kier alpha value is -3.26. The third kappa shape index (κ3) is 4.23. The van der Waals surface area contributed by atoms with Crippen molar-refractivity contribution in [3.05, 3.63) is 70.4 Å². The van der Waals surface area contributed by atoms with Crippen molar-refractivity contribution in [1.82, 2.24) is 29.2 Å². The van der Waals surface area contributed by atoms with Crippen LogP contribution in [0.25, 0.3) is 16.8 Å². The molecule has 0 spiro atoms. The minimum Gasteiger partial charge on any atom is -0.338 e. The quantitative estimate of drug-likeness (QED) is 0.465. The number of fused-ring (bicyclic) bond motifs is 1. The Labute approximate surface area is 186 Å². The van der Waals surface area contributed by atoms with E-state index < -0.39 is 0 Å². The Balaban J connectivity index is 1.34. The summed E-state index contributed by atoms with van der Waals surface area (Å²) in [6.07, 6.45) is 6.97. The zero-order valence-electron chi connectivity index (χ0n) is 18.6. The third-order valence-corrected chi connectivity index (χ3v) is 6.18. The van der Waals surface area contributed by atoms with E-state index >= 15 is 0 Å². The van der Waals surface area contributed by atoms with Crippen molar-refractivity contribution in [3.63, 3.8) is 0 Å². The van der Waals surface area contributed by atoms with Gasteiger partial charge in [0, 0.05) is 24.5 Å². The first kappa shape index (κ1) is 20.6. The molecule has 166 valence electrons. The molecule has 0 amide bonds. The van der Waals surface area contributed by atoms with Crippen LogP contribution in [0.15, 0.2) is 52.0 Å². The van der Waals surface area contributed by atoms with Crippen LogP contribution >= 0.6 is 0 Å². The summed E-state index contributed by atoms with van der Waals surface area (Å²) < 4.78 is 8.67. The highest BCUT2D eigenvalue weighted by molar-refractivity contribution is 5.65. The molecule has 1 fully saturated rings. The van der Waals surface area contributed by atoms with Crippen molar-refractivity contribution in [2.45, 2.75) is 46.2 Å². The number of likely N-dealkylation sites (tertiary alicyclic amines) is 1. The molecule has 0 N–H and O–H groups in total. The molecule has 3 aromatic heterocycles. The molecular formula is C24H28N6O2. The molecule has 1 aromatic carbocycles. The second kappa shape index (κ2) is 8.70. The standard InChI is InChI=1S/C24H28N6O2/c1-3-18-6-8-19(9-7-18)20-13-21-24(31)29(11-12-30(21)26-20)15-22-25-23(32-27-22)16-28-10-4-5-17(2)14-28/h6-9,11-13,17H,3-5,10,14-16H2,1-2H3. The summed E-state index contributed by atoms with van der Waals surface area (Å²) in [6, 6.07) is 10.1. The molecule has 8 nitrogen and oxygen atoms in total. The van der Waals surface area contributed by atoms with Gasteiger partial charge in [-0.05, 0) is 43.4 Å². The van der Waals surface area contributed by atoms with E-state index in [1.165, 1.54) is 18.4 Å². The lowest BCUT2D eigenvalue weighted by Gasteiger charge is -2.29. The van der Waals surface area contributed by atoms with Gasteiger partial charge in [-0.1, -0.05) is 43.3 Å². The maximum Gasteiger partial charge on any atom is 0.277 e. The van der Waals surface area contributed by atoms with Crippen molar-refractivity contribution in [1.29, 1.82) is 0 Å². The average molecular weight is 433 g/mol. The Morgan fingerprint density at radius 3 is 2.78 bits per heavy atom. The first-order valence-electron chi connectivity index (χ1n) is 11.3. The first-order chi connectivity index (χ1) is 15.6. The third-order valence-electron chi connectivity index (χ3n) is 6.18. The van der Waals surface area contributed by atoms with Crippen LogP contribution in [-0.4, -0.2) is 42.3 Å². The Kier molecular flexibility index (Phi) is 5.61. The van der Waals surface area contributed by atoms with Gasteiger partial charge in [0.2, 0.25) is 5.89 Å². The smallest absolute Gasteiger partial charge is 0.277 e. The second-order valence-corrected chi connectivity index (χ2v) is 8.73. The molecule has 4 heterocycles. The molecule has 0 saturated carbocycles. The van der Waals surface area contributed by atoms with E-state index in [4.69, 9.17) is 4.52 Å². The highest BCUT2D eigenvalue weighted by Gasteiger charge is 2.19. The molecule has 5 rings (SSSR count). The van der Waals surface area contributed by atoms with Gasteiger partial charge in [0.1, 0.15) is 5.52 Å². The Bertz CT molecular complexity index is 1270. The van der Waals surface area contributed by atoms with E-state index in [1.54, 1.807) is 21.5 Å². The average Bonchev–Trinajstić information content (AvgIpc) is 3.43. The number of aromatic nitrogens is 5. The number of nitrogens with zero attached hydrogens (tertiary/aromatic N) is 6. The predicted molar refractivity (Wildman–Crippen MR) is 121 cm³/mol. The Morgan fingerprint density at radius 1 is 1.16 bits per heavy atom. The van der Waals surface area contributed by atoms with Crippen LogP contribution in [0.5, 0.6) is 0 Å². The molecule has 32 heavy (non-hydrogen) atoms. The normalized spacial score (nSPS) is 17.2. The molecular weight excluding hydrogens is 404 g/mol. The number of benzene rings is 1. The van der Waals surface area contributed by atoms with Gasteiger partial charge in [-0.25, -0.2) is 4.52 Å². The zero-order chi connectivity index (χ0) is 22.1. The first-order valence-corrected chi connectivity index (χ1v) is 11.3. The number of aryl methyl sites for hydroxylation is 1. The summed E-state index contributed by atoms with van der Waals surface area (Å²) in [5.74, 6) is 1.80. The SMILES string of the molecule is CCc1ccc(-c2cc3c(=O)n(Cc4noc(CN5CCCC(C)C5)n4)ccn3n2)cc1.